The lowest BCUT2D eigenvalue weighted by atomic mass is 10.2. The lowest BCUT2D eigenvalue weighted by Gasteiger charge is -2.01. The lowest BCUT2D eigenvalue weighted by molar-refractivity contribution is 0.0997. The first-order valence-electron chi connectivity index (χ1n) is 6.44. The van der Waals surface area contributed by atoms with Gasteiger partial charge in [0.1, 0.15) is 12.0 Å². The molecule has 3 rings (SSSR count). The van der Waals surface area contributed by atoms with Crippen LogP contribution in [0.1, 0.15) is 20.7 Å². The fourth-order valence-electron chi connectivity index (χ4n) is 1.81. The van der Waals surface area contributed by atoms with Gasteiger partial charge < -0.3 is 10.2 Å². The third-order valence-electron chi connectivity index (χ3n) is 2.97. The number of carbonyl (C=O) groups excluding carboxylic acids is 2. The summed E-state index contributed by atoms with van der Waals surface area (Å²) in [5.41, 5.74) is 6.41. The second-order valence-corrected chi connectivity index (χ2v) is 5.86. The van der Waals surface area contributed by atoms with E-state index in [1.54, 1.807) is 29.6 Å². The topological polar surface area (TPSA) is 98.2 Å². The van der Waals surface area contributed by atoms with Gasteiger partial charge in [-0.3, -0.25) is 14.9 Å². The monoisotopic (exact) mass is 347 g/mol. The Labute approximate surface area is 139 Å². The number of aromatic nitrogens is 1. The molecule has 2 aromatic heterocycles. The minimum Gasteiger partial charge on any atom is -0.462 e. The highest BCUT2D eigenvalue weighted by Crippen LogP contribution is 2.26. The largest absolute Gasteiger partial charge is 0.462 e. The summed E-state index contributed by atoms with van der Waals surface area (Å²) in [7, 11) is 0. The Bertz CT molecular complexity index is 870. The van der Waals surface area contributed by atoms with Crippen LogP contribution in [0.4, 0.5) is 5.13 Å². The summed E-state index contributed by atoms with van der Waals surface area (Å²) in [6.07, 6.45) is 1.27. The van der Waals surface area contributed by atoms with Gasteiger partial charge >= 0.3 is 0 Å². The Kier molecular flexibility index (Phi) is 4.14. The molecule has 0 unspecified atom stereocenters. The van der Waals surface area contributed by atoms with E-state index in [9.17, 15) is 9.59 Å². The van der Waals surface area contributed by atoms with E-state index in [1.165, 1.54) is 23.7 Å². The smallest absolute Gasteiger partial charge is 0.257 e. The molecule has 0 atom stereocenters. The molecule has 2 heterocycles. The van der Waals surface area contributed by atoms with E-state index < -0.39 is 5.91 Å². The van der Waals surface area contributed by atoms with Crippen LogP contribution in [0.25, 0.3) is 11.5 Å². The number of primary amides is 1. The summed E-state index contributed by atoms with van der Waals surface area (Å²) in [4.78, 5) is 27.4. The zero-order valence-electron chi connectivity index (χ0n) is 11.6. The van der Waals surface area contributed by atoms with Gasteiger partial charge in [0.2, 0.25) is 0 Å². The number of halogens is 1. The first-order valence-corrected chi connectivity index (χ1v) is 7.70. The Hall–Kier alpha value is -2.64. The number of anilines is 1. The van der Waals surface area contributed by atoms with E-state index in [0.29, 0.717) is 27.2 Å². The van der Waals surface area contributed by atoms with Crippen molar-refractivity contribution < 1.29 is 14.0 Å². The third-order valence-corrected chi connectivity index (χ3v) is 3.98. The van der Waals surface area contributed by atoms with Crippen LogP contribution in [0.3, 0.4) is 0 Å². The maximum absolute atomic E-state index is 12.1. The molecule has 8 heteroatoms. The van der Waals surface area contributed by atoms with Gasteiger partial charge in [-0.1, -0.05) is 11.6 Å². The van der Waals surface area contributed by atoms with Crippen molar-refractivity contribution in [1.82, 2.24) is 4.98 Å². The van der Waals surface area contributed by atoms with Gasteiger partial charge in [0.15, 0.2) is 10.9 Å². The van der Waals surface area contributed by atoms with E-state index in [-0.39, 0.29) is 11.5 Å². The van der Waals surface area contributed by atoms with Gasteiger partial charge in [-0.2, -0.15) is 0 Å². The van der Waals surface area contributed by atoms with Gasteiger partial charge in [0.25, 0.3) is 11.8 Å². The molecule has 2 amide bonds. The van der Waals surface area contributed by atoms with Crippen molar-refractivity contribution in [1.29, 1.82) is 0 Å². The molecule has 0 bridgehead atoms. The van der Waals surface area contributed by atoms with Gasteiger partial charge in [0.05, 0.1) is 5.56 Å². The number of nitrogens with zero attached hydrogens (tertiary/aromatic N) is 1. The van der Waals surface area contributed by atoms with E-state index in [2.05, 4.69) is 10.3 Å². The van der Waals surface area contributed by atoms with Crippen molar-refractivity contribution in [3.63, 3.8) is 0 Å². The standard InChI is InChI=1S/C15H10ClN3O3S/c16-10-3-1-8(2-4-10)14(21)19-15-18-11(7-23-15)12-5-9(6-22-12)13(17)20/h1-7H,(H2,17,20)(H,18,19,21). The predicted octanol–water partition coefficient (Wildman–Crippen LogP) is 3.41. The second kappa shape index (κ2) is 6.23. The highest BCUT2D eigenvalue weighted by Gasteiger charge is 2.13. The molecule has 116 valence electrons. The molecule has 23 heavy (non-hydrogen) atoms. The summed E-state index contributed by atoms with van der Waals surface area (Å²) >= 11 is 7.03. The molecule has 1 aromatic carbocycles. The average molecular weight is 348 g/mol. The highest BCUT2D eigenvalue weighted by atomic mass is 35.5. The van der Waals surface area contributed by atoms with Crippen molar-refractivity contribution in [3.8, 4) is 11.5 Å². The highest BCUT2D eigenvalue weighted by molar-refractivity contribution is 7.14. The van der Waals surface area contributed by atoms with Crippen LogP contribution in [0.15, 0.2) is 46.4 Å². The van der Waals surface area contributed by atoms with E-state index in [4.69, 9.17) is 21.8 Å². The Morgan fingerprint density at radius 2 is 1.96 bits per heavy atom. The zero-order chi connectivity index (χ0) is 16.4. The molecule has 0 radical (unpaired) electrons. The minimum absolute atomic E-state index is 0.264. The van der Waals surface area contributed by atoms with E-state index in [0.717, 1.165) is 0 Å². The zero-order valence-corrected chi connectivity index (χ0v) is 13.1. The number of amides is 2. The Morgan fingerprint density at radius 3 is 2.61 bits per heavy atom. The maximum atomic E-state index is 12.1. The van der Waals surface area contributed by atoms with Crippen LogP contribution < -0.4 is 11.1 Å². The number of thiazole rings is 1. The van der Waals surface area contributed by atoms with Gasteiger partial charge in [-0.05, 0) is 30.3 Å². The summed E-state index contributed by atoms with van der Waals surface area (Å²) < 4.78 is 5.24. The van der Waals surface area contributed by atoms with Crippen molar-refractivity contribution in [2.75, 3.05) is 5.32 Å². The molecule has 0 aliphatic heterocycles. The molecule has 0 aliphatic carbocycles. The summed E-state index contributed by atoms with van der Waals surface area (Å²) in [5.74, 6) is -0.464. The number of nitrogens with two attached hydrogens (primary N) is 1. The van der Waals surface area contributed by atoms with Crippen molar-refractivity contribution in [2.24, 2.45) is 5.73 Å². The molecule has 0 fully saturated rings. The summed E-state index contributed by atoms with van der Waals surface area (Å²) in [6.45, 7) is 0. The van der Waals surface area contributed by atoms with Crippen LogP contribution in [0.2, 0.25) is 5.02 Å². The molecular formula is C15H10ClN3O3S. The van der Waals surface area contributed by atoms with E-state index >= 15 is 0 Å². The number of hydrogen-bond donors (Lipinski definition) is 2. The van der Waals surface area contributed by atoms with Crippen molar-refractivity contribution >= 4 is 39.9 Å². The first-order chi connectivity index (χ1) is 11.0. The number of furan rings is 1. The summed E-state index contributed by atoms with van der Waals surface area (Å²) in [6, 6.07) is 8.02. The van der Waals surface area contributed by atoms with Crippen LogP contribution in [-0.4, -0.2) is 16.8 Å². The minimum atomic E-state index is -0.577. The molecule has 3 aromatic rings. The Morgan fingerprint density at radius 1 is 1.22 bits per heavy atom. The predicted molar refractivity (Wildman–Crippen MR) is 87.7 cm³/mol. The molecule has 6 nitrogen and oxygen atoms in total. The molecular weight excluding hydrogens is 338 g/mol. The van der Waals surface area contributed by atoms with Gasteiger partial charge in [-0.25, -0.2) is 4.98 Å². The van der Waals surface area contributed by atoms with Crippen LogP contribution in [-0.2, 0) is 0 Å². The maximum Gasteiger partial charge on any atom is 0.257 e. The van der Waals surface area contributed by atoms with Gasteiger partial charge in [-0.15, -0.1) is 11.3 Å². The number of rotatable bonds is 4. The Balaban J connectivity index is 1.75. The number of carbonyl (C=O) groups is 2. The molecule has 0 aliphatic rings. The average Bonchev–Trinajstić information content (AvgIpc) is 3.16. The van der Waals surface area contributed by atoms with Crippen LogP contribution >= 0.6 is 22.9 Å². The van der Waals surface area contributed by atoms with Gasteiger partial charge in [0, 0.05) is 16.0 Å². The molecule has 3 N–H and O–H groups in total. The number of benzene rings is 1. The second-order valence-electron chi connectivity index (χ2n) is 4.56. The SMILES string of the molecule is NC(=O)c1coc(-c2csc(NC(=O)c3ccc(Cl)cc3)n2)c1. The van der Waals surface area contributed by atoms with Crippen LogP contribution in [0.5, 0.6) is 0 Å². The molecule has 0 saturated carbocycles. The number of hydrogen-bond acceptors (Lipinski definition) is 5. The number of nitrogens with one attached hydrogen (secondary N) is 1. The summed E-state index contributed by atoms with van der Waals surface area (Å²) in [5, 5.41) is 5.37. The fourth-order valence-corrected chi connectivity index (χ4v) is 2.64. The van der Waals surface area contributed by atoms with Crippen molar-refractivity contribution in [3.05, 3.63) is 58.1 Å². The lowest BCUT2D eigenvalue weighted by Crippen LogP contribution is -2.11. The molecule has 0 spiro atoms. The molecule has 0 saturated heterocycles. The van der Waals surface area contributed by atoms with Crippen molar-refractivity contribution in [2.45, 2.75) is 0 Å². The normalized spacial score (nSPS) is 10.5. The fraction of sp³-hybridized carbons (Fsp3) is 0. The third kappa shape index (κ3) is 3.41. The first kappa shape index (κ1) is 15.3. The van der Waals surface area contributed by atoms with E-state index in [1.807, 2.05) is 0 Å². The quantitative estimate of drug-likeness (QED) is 0.755. The van der Waals surface area contributed by atoms with Crippen LogP contribution in [0, 0.1) is 0 Å².